The zero-order chi connectivity index (χ0) is 16.4. The highest BCUT2D eigenvalue weighted by molar-refractivity contribution is 5.96. The lowest BCUT2D eigenvalue weighted by Crippen LogP contribution is -2.15. The summed E-state index contributed by atoms with van der Waals surface area (Å²) in [5.41, 5.74) is -4.81. The van der Waals surface area contributed by atoms with Crippen molar-refractivity contribution in [2.75, 3.05) is 5.32 Å². The number of carbonyl (C=O) groups excluding carboxylic acids is 1. The monoisotopic (exact) mass is 307 g/mol. The molecule has 1 amide bonds. The molecule has 0 saturated carbocycles. The maximum absolute atomic E-state index is 12.6. The van der Waals surface area contributed by atoms with Gasteiger partial charge in [0.2, 0.25) is 5.91 Å². The van der Waals surface area contributed by atoms with E-state index in [4.69, 9.17) is 0 Å². The minimum Gasteiger partial charge on any atom is -0.315 e. The summed E-state index contributed by atoms with van der Waals surface area (Å²) < 4.78 is 37.8. The summed E-state index contributed by atoms with van der Waals surface area (Å²) in [7, 11) is 0. The van der Waals surface area contributed by atoms with E-state index in [0.29, 0.717) is 0 Å². The average molecular weight is 307 g/mol. The molecule has 0 aromatic heterocycles. The van der Waals surface area contributed by atoms with Gasteiger partial charge in [0, 0.05) is 18.6 Å². The second-order valence-electron chi connectivity index (χ2n) is 3.80. The summed E-state index contributed by atoms with van der Waals surface area (Å²) in [5.74, 6) is -0.805. The van der Waals surface area contributed by atoms with E-state index in [1.807, 2.05) is 5.32 Å². The Kier molecular flexibility index (Phi) is 4.45. The van der Waals surface area contributed by atoms with Crippen LogP contribution >= 0.6 is 0 Å². The normalized spacial score (nSPS) is 11.0. The van der Waals surface area contributed by atoms with Crippen molar-refractivity contribution < 1.29 is 27.8 Å². The topological polar surface area (TPSA) is 115 Å². The Labute approximate surface area is 114 Å². The molecule has 0 aliphatic carbocycles. The predicted molar refractivity (Wildman–Crippen MR) is 63.7 cm³/mol. The molecule has 1 N–H and O–H groups in total. The van der Waals surface area contributed by atoms with Crippen LogP contribution in [0.4, 0.5) is 30.2 Å². The molecule has 0 aliphatic rings. The fourth-order valence-electron chi connectivity index (χ4n) is 1.42. The first-order valence-corrected chi connectivity index (χ1v) is 5.41. The summed E-state index contributed by atoms with van der Waals surface area (Å²) in [6, 6.07) is 0.274. The van der Waals surface area contributed by atoms with Gasteiger partial charge in [0.05, 0.1) is 15.4 Å². The second kappa shape index (κ2) is 5.73. The van der Waals surface area contributed by atoms with Gasteiger partial charge in [0.1, 0.15) is 0 Å². The van der Waals surface area contributed by atoms with Crippen molar-refractivity contribution in [2.24, 2.45) is 0 Å². The number of nitrogens with zero attached hydrogens (tertiary/aromatic N) is 2. The fourth-order valence-corrected chi connectivity index (χ4v) is 1.42. The zero-order valence-corrected chi connectivity index (χ0v) is 10.4. The van der Waals surface area contributed by atoms with Crippen LogP contribution in [0, 0.1) is 20.2 Å². The fraction of sp³-hybridized carbons (Fsp3) is 0.300. The third-order valence-corrected chi connectivity index (χ3v) is 2.40. The Bertz CT molecular complexity index is 579. The van der Waals surface area contributed by atoms with E-state index in [1.54, 1.807) is 0 Å². The lowest BCUT2D eigenvalue weighted by Gasteiger charge is -2.10. The van der Waals surface area contributed by atoms with Crippen molar-refractivity contribution in [3.63, 3.8) is 0 Å². The van der Waals surface area contributed by atoms with Crippen LogP contribution < -0.4 is 5.32 Å². The van der Waals surface area contributed by atoms with Gasteiger partial charge in [0.15, 0.2) is 5.69 Å². The zero-order valence-electron chi connectivity index (χ0n) is 10.4. The SMILES string of the molecule is CCC(=O)Nc1c([N+](=O)[O-])cc(C(F)(F)F)cc1[N+](=O)[O-]. The number of hydrogen-bond acceptors (Lipinski definition) is 5. The molecule has 0 heterocycles. The van der Waals surface area contributed by atoms with Crippen LogP contribution in [0.3, 0.4) is 0 Å². The molecule has 21 heavy (non-hydrogen) atoms. The summed E-state index contributed by atoms with van der Waals surface area (Å²) in [4.78, 5) is 30.4. The van der Waals surface area contributed by atoms with Gasteiger partial charge in [-0.15, -0.1) is 0 Å². The molecular formula is C10H8F3N3O5. The van der Waals surface area contributed by atoms with Crippen LogP contribution in [-0.2, 0) is 11.0 Å². The number of anilines is 1. The van der Waals surface area contributed by atoms with Gasteiger partial charge in [-0.2, -0.15) is 13.2 Å². The lowest BCUT2D eigenvalue weighted by atomic mass is 10.1. The molecule has 8 nitrogen and oxygen atoms in total. The third kappa shape index (κ3) is 3.64. The van der Waals surface area contributed by atoms with Crippen molar-refractivity contribution in [1.82, 2.24) is 0 Å². The Balaban J connectivity index is 3.63. The van der Waals surface area contributed by atoms with Crippen LogP contribution in [0.5, 0.6) is 0 Å². The number of nitro groups is 2. The van der Waals surface area contributed by atoms with Gasteiger partial charge in [-0.25, -0.2) is 0 Å². The molecule has 1 aromatic carbocycles. The maximum Gasteiger partial charge on any atom is 0.416 e. The van der Waals surface area contributed by atoms with Crippen molar-refractivity contribution >= 4 is 23.0 Å². The number of alkyl halides is 3. The van der Waals surface area contributed by atoms with Crippen LogP contribution in [0.25, 0.3) is 0 Å². The first-order valence-electron chi connectivity index (χ1n) is 5.41. The van der Waals surface area contributed by atoms with Gasteiger partial charge >= 0.3 is 17.6 Å². The maximum atomic E-state index is 12.6. The van der Waals surface area contributed by atoms with Crippen molar-refractivity contribution in [3.8, 4) is 0 Å². The van der Waals surface area contributed by atoms with E-state index in [9.17, 15) is 38.2 Å². The van der Waals surface area contributed by atoms with Gasteiger partial charge in [-0.05, 0) is 0 Å². The van der Waals surface area contributed by atoms with Crippen LogP contribution in [0.1, 0.15) is 18.9 Å². The van der Waals surface area contributed by atoms with E-state index >= 15 is 0 Å². The Hall–Kier alpha value is -2.72. The number of halogens is 3. The minimum absolute atomic E-state index is 0.137. The minimum atomic E-state index is -5.00. The third-order valence-electron chi connectivity index (χ3n) is 2.40. The highest BCUT2D eigenvalue weighted by Crippen LogP contribution is 2.41. The largest absolute Gasteiger partial charge is 0.416 e. The lowest BCUT2D eigenvalue weighted by molar-refractivity contribution is -0.392. The first-order chi connectivity index (χ1) is 9.57. The van der Waals surface area contributed by atoms with Crippen molar-refractivity contribution in [1.29, 1.82) is 0 Å². The van der Waals surface area contributed by atoms with E-state index < -0.39 is 44.6 Å². The molecule has 0 bridgehead atoms. The molecule has 0 spiro atoms. The van der Waals surface area contributed by atoms with Crippen LogP contribution in [-0.4, -0.2) is 15.8 Å². The summed E-state index contributed by atoms with van der Waals surface area (Å²) in [5, 5.41) is 23.5. The number of amides is 1. The molecule has 1 rings (SSSR count). The van der Waals surface area contributed by atoms with Gasteiger partial charge < -0.3 is 5.32 Å². The van der Waals surface area contributed by atoms with Crippen LogP contribution in [0.15, 0.2) is 12.1 Å². The van der Waals surface area contributed by atoms with E-state index in [-0.39, 0.29) is 18.6 Å². The first kappa shape index (κ1) is 16.3. The predicted octanol–water partition coefficient (Wildman–Crippen LogP) is 2.87. The molecule has 0 saturated heterocycles. The molecular weight excluding hydrogens is 299 g/mol. The van der Waals surface area contributed by atoms with E-state index in [1.165, 1.54) is 6.92 Å². The number of nitrogens with one attached hydrogen (secondary N) is 1. The Morgan fingerprint density at radius 3 is 1.90 bits per heavy atom. The quantitative estimate of drug-likeness (QED) is 0.678. The highest BCUT2D eigenvalue weighted by atomic mass is 19.4. The van der Waals surface area contributed by atoms with E-state index in [2.05, 4.69) is 0 Å². The van der Waals surface area contributed by atoms with Gasteiger partial charge in [-0.1, -0.05) is 6.92 Å². The second-order valence-corrected chi connectivity index (χ2v) is 3.80. The summed E-state index contributed by atoms with van der Waals surface area (Å²) >= 11 is 0. The molecule has 11 heteroatoms. The Morgan fingerprint density at radius 1 is 1.19 bits per heavy atom. The van der Waals surface area contributed by atoms with Crippen LogP contribution in [0.2, 0.25) is 0 Å². The number of carbonyl (C=O) groups is 1. The number of rotatable bonds is 4. The molecule has 0 unspecified atom stereocenters. The number of hydrogen-bond donors (Lipinski definition) is 1. The van der Waals surface area contributed by atoms with Gasteiger partial charge in [0.25, 0.3) is 0 Å². The van der Waals surface area contributed by atoms with Crippen molar-refractivity contribution in [2.45, 2.75) is 19.5 Å². The number of benzene rings is 1. The number of nitro benzene ring substituents is 2. The summed E-state index contributed by atoms with van der Waals surface area (Å²) in [6.07, 6.45) is -5.15. The molecule has 1 aromatic rings. The Morgan fingerprint density at radius 2 is 1.62 bits per heavy atom. The molecule has 0 fully saturated rings. The molecule has 0 aliphatic heterocycles. The molecule has 114 valence electrons. The van der Waals surface area contributed by atoms with Gasteiger partial charge in [-0.3, -0.25) is 25.0 Å². The van der Waals surface area contributed by atoms with E-state index in [0.717, 1.165) is 0 Å². The average Bonchev–Trinajstić information content (AvgIpc) is 2.36. The highest BCUT2D eigenvalue weighted by Gasteiger charge is 2.37. The summed E-state index contributed by atoms with van der Waals surface area (Å²) in [6.45, 7) is 1.37. The van der Waals surface area contributed by atoms with Crippen molar-refractivity contribution in [3.05, 3.63) is 37.9 Å². The smallest absolute Gasteiger partial charge is 0.315 e. The molecule has 0 atom stereocenters. The molecule has 0 radical (unpaired) electrons. The standard InChI is InChI=1S/C10H8F3N3O5/c1-2-8(17)14-9-6(15(18)19)3-5(10(11,12)13)4-7(9)16(20)21/h3-4H,2H2,1H3,(H,14,17).